The summed E-state index contributed by atoms with van der Waals surface area (Å²) >= 11 is 5.84. The van der Waals surface area contributed by atoms with Crippen LogP contribution in [0.25, 0.3) is 5.69 Å². The van der Waals surface area contributed by atoms with Gasteiger partial charge in [-0.2, -0.15) is 0 Å². The average Bonchev–Trinajstić information content (AvgIpc) is 2.60. The fraction of sp³-hybridized carbons (Fsp3) is 0.111. The first-order valence-corrected chi connectivity index (χ1v) is 7.85. The van der Waals surface area contributed by atoms with Gasteiger partial charge in [0.1, 0.15) is 24.8 Å². The van der Waals surface area contributed by atoms with E-state index in [1.165, 1.54) is 34.9 Å². The molecule has 3 rings (SSSR count). The van der Waals surface area contributed by atoms with Gasteiger partial charge in [0.2, 0.25) is 5.88 Å². The van der Waals surface area contributed by atoms with Crippen LogP contribution < -0.4 is 15.0 Å². The molecule has 0 bridgehead atoms. The summed E-state index contributed by atoms with van der Waals surface area (Å²) in [7, 11) is 0. The number of pyridine rings is 2. The number of ether oxygens (including phenoxy) is 2. The zero-order chi connectivity index (χ0) is 17.6. The molecule has 5 nitrogen and oxygen atoms in total. The van der Waals surface area contributed by atoms with Crippen LogP contribution in [0, 0.1) is 5.82 Å². The minimum Gasteiger partial charge on any atom is -0.490 e. The Morgan fingerprint density at radius 2 is 1.80 bits per heavy atom. The molecule has 7 heteroatoms. The first-order valence-electron chi connectivity index (χ1n) is 7.47. The lowest BCUT2D eigenvalue weighted by atomic mass is 10.3. The summed E-state index contributed by atoms with van der Waals surface area (Å²) in [5, 5.41) is 0.537. The van der Waals surface area contributed by atoms with Crippen LogP contribution in [0.15, 0.2) is 65.7 Å². The van der Waals surface area contributed by atoms with Gasteiger partial charge >= 0.3 is 0 Å². The predicted octanol–water partition coefficient (Wildman–Crippen LogP) is 3.48. The third kappa shape index (κ3) is 4.58. The molecule has 0 fully saturated rings. The quantitative estimate of drug-likeness (QED) is 0.631. The van der Waals surface area contributed by atoms with Gasteiger partial charge in [0.05, 0.1) is 0 Å². The van der Waals surface area contributed by atoms with Gasteiger partial charge in [0.25, 0.3) is 5.56 Å². The van der Waals surface area contributed by atoms with E-state index < -0.39 is 0 Å². The number of rotatable bonds is 6. The molecule has 0 saturated heterocycles. The van der Waals surface area contributed by atoms with Crippen LogP contribution in [0.3, 0.4) is 0 Å². The maximum absolute atomic E-state index is 13.0. The number of hydrogen-bond acceptors (Lipinski definition) is 4. The molecule has 0 aliphatic carbocycles. The number of nitrogens with zero attached hydrogens (tertiary/aromatic N) is 2. The third-order valence-corrected chi connectivity index (χ3v) is 3.53. The second-order valence-electron chi connectivity index (χ2n) is 5.06. The minimum atomic E-state index is -0.356. The van der Waals surface area contributed by atoms with Gasteiger partial charge in [-0.3, -0.25) is 9.36 Å². The molecule has 0 amide bonds. The molecule has 2 heterocycles. The van der Waals surface area contributed by atoms with Crippen LogP contribution in [0.5, 0.6) is 11.6 Å². The molecular weight excluding hydrogens is 347 g/mol. The monoisotopic (exact) mass is 360 g/mol. The van der Waals surface area contributed by atoms with Crippen LogP contribution in [-0.2, 0) is 0 Å². The molecule has 3 aromatic rings. The lowest BCUT2D eigenvalue weighted by Crippen LogP contribution is -2.17. The van der Waals surface area contributed by atoms with Crippen LogP contribution >= 0.6 is 11.6 Å². The Kier molecular flexibility index (Phi) is 5.30. The van der Waals surface area contributed by atoms with Gasteiger partial charge in [-0.15, -0.1) is 0 Å². The Hall–Kier alpha value is -2.86. The lowest BCUT2D eigenvalue weighted by Gasteiger charge is -2.09. The maximum Gasteiger partial charge on any atom is 0.258 e. The van der Waals surface area contributed by atoms with Gasteiger partial charge in [-0.25, -0.2) is 9.37 Å². The van der Waals surface area contributed by atoms with Crippen molar-refractivity contribution in [3.63, 3.8) is 0 Å². The van der Waals surface area contributed by atoms with E-state index in [1.54, 1.807) is 30.6 Å². The van der Waals surface area contributed by atoms with Crippen molar-refractivity contribution < 1.29 is 13.9 Å². The van der Waals surface area contributed by atoms with Crippen LogP contribution in [-0.4, -0.2) is 22.8 Å². The van der Waals surface area contributed by atoms with Gasteiger partial charge in [0.15, 0.2) is 0 Å². The van der Waals surface area contributed by atoms with Gasteiger partial charge < -0.3 is 9.47 Å². The summed E-state index contributed by atoms with van der Waals surface area (Å²) in [4.78, 5) is 16.2. The highest BCUT2D eigenvalue weighted by Gasteiger charge is 2.03. The molecule has 25 heavy (non-hydrogen) atoms. The molecule has 128 valence electrons. The number of hydrogen-bond donors (Lipinski definition) is 0. The lowest BCUT2D eigenvalue weighted by molar-refractivity contribution is 0.211. The Morgan fingerprint density at radius 1 is 1.04 bits per heavy atom. The Balaban J connectivity index is 1.58. The largest absolute Gasteiger partial charge is 0.490 e. The number of benzene rings is 1. The van der Waals surface area contributed by atoms with Crippen LogP contribution in [0.1, 0.15) is 0 Å². The normalized spacial score (nSPS) is 10.5. The Bertz CT molecular complexity index is 913. The zero-order valence-electron chi connectivity index (χ0n) is 13.1. The molecule has 0 unspecified atom stereocenters. The fourth-order valence-electron chi connectivity index (χ4n) is 2.14. The molecule has 0 saturated carbocycles. The Morgan fingerprint density at radius 3 is 2.52 bits per heavy atom. The van der Waals surface area contributed by atoms with Crippen molar-refractivity contribution in [1.29, 1.82) is 0 Å². The van der Waals surface area contributed by atoms with Gasteiger partial charge in [0, 0.05) is 35.2 Å². The van der Waals surface area contributed by atoms with Crippen LogP contribution in [0.4, 0.5) is 4.39 Å². The third-order valence-electron chi connectivity index (χ3n) is 3.29. The topological polar surface area (TPSA) is 53.4 Å². The van der Waals surface area contributed by atoms with E-state index in [0.29, 0.717) is 22.3 Å². The molecule has 0 radical (unpaired) electrons. The molecule has 0 N–H and O–H groups in total. The maximum atomic E-state index is 13.0. The average molecular weight is 361 g/mol. The summed E-state index contributed by atoms with van der Waals surface area (Å²) < 4.78 is 25.2. The molecule has 0 aliphatic heterocycles. The second kappa shape index (κ2) is 7.81. The molecule has 1 aromatic carbocycles. The van der Waals surface area contributed by atoms with Gasteiger partial charge in [-0.1, -0.05) is 11.6 Å². The number of aromatic nitrogens is 2. The second-order valence-corrected chi connectivity index (χ2v) is 5.49. The molecule has 0 atom stereocenters. The molecule has 2 aromatic heterocycles. The fourth-order valence-corrected chi connectivity index (χ4v) is 2.29. The summed E-state index contributed by atoms with van der Waals surface area (Å²) in [5.41, 5.74) is 0.301. The van der Waals surface area contributed by atoms with E-state index in [2.05, 4.69) is 4.98 Å². The highest BCUT2D eigenvalue weighted by molar-refractivity contribution is 6.30. The standard InChI is InChI=1S/C18H14ClFN2O3/c19-13-5-7-21-17(11-13)25-10-9-24-16-6-8-22(18(23)12-16)15-3-1-14(20)2-4-15/h1-8,11-12H,9-10H2. The SMILES string of the molecule is O=c1cc(OCCOc2cc(Cl)ccn2)ccn1-c1ccc(F)cc1. The minimum absolute atomic E-state index is 0.244. The summed E-state index contributed by atoms with van der Waals surface area (Å²) in [6, 6.07) is 11.9. The van der Waals surface area contributed by atoms with Crippen molar-refractivity contribution in [2.45, 2.75) is 0 Å². The van der Waals surface area contributed by atoms with E-state index in [-0.39, 0.29) is 24.6 Å². The predicted molar refractivity (Wildman–Crippen MR) is 92.2 cm³/mol. The van der Waals surface area contributed by atoms with Crippen molar-refractivity contribution in [2.24, 2.45) is 0 Å². The van der Waals surface area contributed by atoms with Crippen LogP contribution in [0.2, 0.25) is 5.02 Å². The highest BCUT2D eigenvalue weighted by atomic mass is 35.5. The number of halogens is 2. The summed E-state index contributed by atoms with van der Waals surface area (Å²) in [5.74, 6) is 0.472. The van der Waals surface area contributed by atoms with E-state index in [1.807, 2.05) is 0 Å². The van der Waals surface area contributed by atoms with E-state index in [4.69, 9.17) is 21.1 Å². The van der Waals surface area contributed by atoms with Gasteiger partial charge in [-0.05, 0) is 36.4 Å². The Labute approximate surface area is 148 Å². The van der Waals surface area contributed by atoms with E-state index >= 15 is 0 Å². The van der Waals surface area contributed by atoms with Crippen molar-refractivity contribution >= 4 is 11.6 Å². The molecule has 0 spiro atoms. The van der Waals surface area contributed by atoms with Crippen molar-refractivity contribution in [1.82, 2.24) is 9.55 Å². The summed E-state index contributed by atoms with van der Waals surface area (Å²) in [6.45, 7) is 0.503. The molecular formula is C18H14ClFN2O3. The first-order chi connectivity index (χ1) is 12.1. The van der Waals surface area contributed by atoms with Crippen molar-refractivity contribution in [2.75, 3.05) is 13.2 Å². The molecule has 0 aliphatic rings. The smallest absolute Gasteiger partial charge is 0.258 e. The first kappa shape index (κ1) is 17.0. The zero-order valence-corrected chi connectivity index (χ0v) is 13.8. The van der Waals surface area contributed by atoms with E-state index in [0.717, 1.165) is 0 Å². The van der Waals surface area contributed by atoms with Crippen molar-refractivity contribution in [3.8, 4) is 17.3 Å². The highest BCUT2D eigenvalue weighted by Crippen LogP contribution is 2.14. The van der Waals surface area contributed by atoms with E-state index in [9.17, 15) is 9.18 Å². The summed E-state index contributed by atoms with van der Waals surface area (Å²) in [6.07, 6.45) is 3.12. The van der Waals surface area contributed by atoms with Crippen molar-refractivity contribution in [3.05, 3.63) is 82.1 Å².